The summed E-state index contributed by atoms with van der Waals surface area (Å²) < 4.78 is 5.40. The first-order valence-corrected chi connectivity index (χ1v) is 7.13. The van der Waals surface area contributed by atoms with E-state index in [0.29, 0.717) is 6.04 Å². The van der Waals surface area contributed by atoms with Crippen LogP contribution < -0.4 is 5.73 Å². The Morgan fingerprint density at radius 3 is 2.50 bits per heavy atom. The van der Waals surface area contributed by atoms with Gasteiger partial charge in [-0.1, -0.05) is 19.8 Å². The average Bonchev–Trinajstić information content (AvgIpc) is 2.79. The molecule has 2 aliphatic rings. The summed E-state index contributed by atoms with van der Waals surface area (Å²) >= 11 is 0. The predicted molar refractivity (Wildman–Crippen MR) is 67.3 cm³/mol. The maximum atomic E-state index is 6.39. The summed E-state index contributed by atoms with van der Waals surface area (Å²) in [6, 6.07) is 0.458. The molecule has 2 heteroatoms. The van der Waals surface area contributed by atoms with Crippen molar-refractivity contribution in [1.82, 2.24) is 0 Å². The topological polar surface area (TPSA) is 35.2 Å². The van der Waals surface area contributed by atoms with Crippen LogP contribution in [-0.4, -0.2) is 19.3 Å². The quantitative estimate of drug-likeness (QED) is 0.798. The van der Waals surface area contributed by atoms with Crippen LogP contribution in [0, 0.1) is 17.8 Å². The molecule has 3 unspecified atom stereocenters. The molecule has 2 N–H and O–H groups in total. The Kier molecular flexibility index (Phi) is 4.66. The Balaban J connectivity index is 1.72. The highest BCUT2D eigenvalue weighted by atomic mass is 16.5. The number of nitrogens with two attached hydrogens (primary N) is 1. The first-order valence-electron chi connectivity index (χ1n) is 7.13. The Hall–Kier alpha value is -0.0800. The molecule has 2 rings (SSSR count). The minimum atomic E-state index is 0.458. The van der Waals surface area contributed by atoms with Crippen LogP contribution in [0.1, 0.15) is 51.9 Å². The molecule has 1 heterocycles. The Labute approximate surface area is 99.9 Å². The fourth-order valence-electron chi connectivity index (χ4n) is 3.43. The first kappa shape index (κ1) is 12.4. The molecule has 0 spiro atoms. The van der Waals surface area contributed by atoms with Crippen LogP contribution in [0.3, 0.4) is 0 Å². The number of hydrogen-bond acceptors (Lipinski definition) is 2. The third-order valence-corrected chi connectivity index (χ3v) is 4.71. The van der Waals surface area contributed by atoms with Crippen molar-refractivity contribution in [2.75, 3.05) is 13.2 Å². The molecule has 2 nitrogen and oxygen atoms in total. The molecule has 0 bridgehead atoms. The fourth-order valence-corrected chi connectivity index (χ4v) is 3.43. The van der Waals surface area contributed by atoms with Gasteiger partial charge in [0.15, 0.2) is 0 Å². The van der Waals surface area contributed by atoms with Gasteiger partial charge in [0.2, 0.25) is 0 Å². The van der Waals surface area contributed by atoms with E-state index in [4.69, 9.17) is 10.5 Å². The lowest BCUT2D eigenvalue weighted by Crippen LogP contribution is -2.32. The second kappa shape index (κ2) is 6.02. The summed E-state index contributed by atoms with van der Waals surface area (Å²) in [7, 11) is 0. The molecule has 0 radical (unpaired) electrons. The molecule has 1 saturated heterocycles. The smallest absolute Gasteiger partial charge is 0.0468 e. The molecule has 0 aromatic rings. The van der Waals surface area contributed by atoms with Gasteiger partial charge in [-0.3, -0.25) is 0 Å². The van der Waals surface area contributed by atoms with Gasteiger partial charge in [0.1, 0.15) is 0 Å². The van der Waals surface area contributed by atoms with Crippen LogP contribution in [0.25, 0.3) is 0 Å². The number of ether oxygens (including phenoxy) is 1. The van der Waals surface area contributed by atoms with E-state index in [1.807, 2.05) is 0 Å². The molecule has 3 atom stereocenters. The van der Waals surface area contributed by atoms with E-state index in [1.165, 1.54) is 44.9 Å². The molecule has 1 aliphatic heterocycles. The zero-order valence-electron chi connectivity index (χ0n) is 10.7. The summed E-state index contributed by atoms with van der Waals surface area (Å²) in [5.74, 6) is 2.61. The van der Waals surface area contributed by atoms with Crippen molar-refractivity contribution < 1.29 is 4.74 Å². The van der Waals surface area contributed by atoms with E-state index in [1.54, 1.807) is 0 Å². The van der Waals surface area contributed by atoms with Crippen molar-refractivity contribution in [3.8, 4) is 0 Å². The van der Waals surface area contributed by atoms with Crippen LogP contribution in [0.5, 0.6) is 0 Å². The Morgan fingerprint density at radius 2 is 1.88 bits per heavy atom. The minimum Gasteiger partial charge on any atom is -0.381 e. The van der Waals surface area contributed by atoms with Crippen molar-refractivity contribution >= 4 is 0 Å². The highest BCUT2D eigenvalue weighted by molar-refractivity contribution is 4.84. The monoisotopic (exact) mass is 225 g/mol. The predicted octanol–water partition coefficient (Wildman–Crippen LogP) is 2.96. The summed E-state index contributed by atoms with van der Waals surface area (Å²) in [5.41, 5.74) is 6.39. The third-order valence-electron chi connectivity index (χ3n) is 4.71. The van der Waals surface area contributed by atoms with E-state index in [-0.39, 0.29) is 0 Å². The summed E-state index contributed by atoms with van der Waals surface area (Å²) in [4.78, 5) is 0. The number of hydrogen-bond donors (Lipinski definition) is 1. The van der Waals surface area contributed by atoms with E-state index >= 15 is 0 Å². The van der Waals surface area contributed by atoms with E-state index in [0.717, 1.165) is 31.0 Å². The van der Waals surface area contributed by atoms with E-state index < -0.39 is 0 Å². The summed E-state index contributed by atoms with van der Waals surface area (Å²) in [6.45, 7) is 4.23. The van der Waals surface area contributed by atoms with Crippen LogP contribution in [0.2, 0.25) is 0 Å². The molecule has 1 aliphatic carbocycles. The second-order valence-electron chi connectivity index (χ2n) is 5.80. The van der Waals surface area contributed by atoms with Gasteiger partial charge in [0, 0.05) is 19.3 Å². The average molecular weight is 225 g/mol. The van der Waals surface area contributed by atoms with Gasteiger partial charge in [0.25, 0.3) is 0 Å². The molecule has 1 saturated carbocycles. The van der Waals surface area contributed by atoms with Crippen molar-refractivity contribution in [3.05, 3.63) is 0 Å². The SMILES string of the molecule is CCC1CCC(C(N)CC2CCOCC2)C1. The van der Waals surface area contributed by atoms with Crippen molar-refractivity contribution in [2.24, 2.45) is 23.5 Å². The van der Waals surface area contributed by atoms with Crippen LogP contribution in [-0.2, 0) is 4.74 Å². The van der Waals surface area contributed by atoms with Crippen LogP contribution in [0.15, 0.2) is 0 Å². The molecule has 0 amide bonds. The Bertz CT molecular complexity index is 201. The highest BCUT2D eigenvalue weighted by Crippen LogP contribution is 2.36. The third kappa shape index (κ3) is 3.21. The standard InChI is InChI=1S/C14H27NO/c1-2-11-3-4-13(9-11)14(15)10-12-5-7-16-8-6-12/h11-14H,2-10,15H2,1H3. The van der Waals surface area contributed by atoms with Crippen LogP contribution >= 0.6 is 0 Å². The van der Waals surface area contributed by atoms with E-state index in [2.05, 4.69) is 6.92 Å². The van der Waals surface area contributed by atoms with Crippen molar-refractivity contribution in [1.29, 1.82) is 0 Å². The summed E-state index contributed by atoms with van der Waals surface area (Å²) in [5, 5.41) is 0. The first-order chi connectivity index (χ1) is 7.79. The molecule has 0 aromatic heterocycles. The highest BCUT2D eigenvalue weighted by Gasteiger charge is 2.29. The summed E-state index contributed by atoms with van der Waals surface area (Å²) in [6.07, 6.45) is 9.24. The molecular formula is C14H27NO. The lowest BCUT2D eigenvalue weighted by atomic mass is 9.86. The normalized spacial score (nSPS) is 34.1. The van der Waals surface area contributed by atoms with Gasteiger partial charge >= 0.3 is 0 Å². The van der Waals surface area contributed by atoms with E-state index in [9.17, 15) is 0 Å². The zero-order valence-corrected chi connectivity index (χ0v) is 10.7. The number of rotatable bonds is 4. The van der Waals surface area contributed by atoms with Gasteiger partial charge in [-0.25, -0.2) is 0 Å². The Morgan fingerprint density at radius 1 is 1.12 bits per heavy atom. The lowest BCUT2D eigenvalue weighted by molar-refractivity contribution is 0.0597. The van der Waals surface area contributed by atoms with Gasteiger partial charge in [-0.05, 0) is 49.9 Å². The zero-order chi connectivity index (χ0) is 11.4. The maximum absolute atomic E-state index is 6.39. The maximum Gasteiger partial charge on any atom is 0.0468 e. The van der Waals surface area contributed by atoms with Crippen LogP contribution in [0.4, 0.5) is 0 Å². The largest absolute Gasteiger partial charge is 0.381 e. The van der Waals surface area contributed by atoms with Gasteiger partial charge < -0.3 is 10.5 Å². The van der Waals surface area contributed by atoms with Gasteiger partial charge in [-0.2, -0.15) is 0 Å². The molecular weight excluding hydrogens is 198 g/mol. The van der Waals surface area contributed by atoms with Crippen molar-refractivity contribution in [2.45, 2.75) is 57.9 Å². The van der Waals surface area contributed by atoms with Gasteiger partial charge in [-0.15, -0.1) is 0 Å². The van der Waals surface area contributed by atoms with Gasteiger partial charge in [0.05, 0.1) is 0 Å². The fraction of sp³-hybridized carbons (Fsp3) is 1.00. The second-order valence-corrected chi connectivity index (χ2v) is 5.80. The molecule has 94 valence electrons. The molecule has 2 fully saturated rings. The minimum absolute atomic E-state index is 0.458. The van der Waals surface area contributed by atoms with Crippen molar-refractivity contribution in [3.63, 3.8) is 0 Å². The lowest BCUT2D eigenvalue weighted by Gasteiger charge is -2.27. The molecule has 0 aromatic carbocycles. The molecule has 16 heavy (non-hydrogen) atoms.